The largest absolute Gasteiger partial charge is 0.490 e. The first kappa shape index (κ1) is 17.7. The quantitative estimate of drug-likeness (QED) is 0.654. The van der Waals surface area contributed by atoms with Crippen LogP contribution in [-0.4, -0.2) is 20.8 Å². The predicted octanol–water partition coefficient (Wildman–Crippen LogP) is 4.34. The van der Waals surface area contributed by atoms with Gasteiger partial charge in [0.25, 0.3) is 0 Å². The number of benzene rings is 1. The van der Waals surface area contributed by atoms with E-state index >= 15 is 0 Å². The molecular weight excluding hydrogens is 371 g/mol. The Bertz CT molecular complexity index is 559. The summed E-state index contributed by atoms with van der Waals surface area (Å²) in [4.78, 5) is 0. The molecule has 0 heterocycles. The third-order valence-electron chi connectivity index (χ3n) is 3.41. The first-order valence-electron chi connectivity index (χ1n) is 6.21. The topological polar surface area (TPSA) is 43.4 Å². The molecule has 0 aromatic heterocycles. The van der Waals surface area contributed by atoms with Crippen molar-refractivity contribution >= 4 is 35.7 Å². The zero-order valence-corrected chi connectivity index (χ0v) is 14.5. The van der Waals surface area contributed by atoms with Gasteiger partial charge in [0.2, 0.25) is 9.05 Å². The van der Waals surface area contributed by atoms with Crippen LogP contribution in [-0.2, 0) is 9.05 Å². The zero-order chi connectivity index (χ0) is 15.4. The lowest BCUT2D eigenvalue weighted by molar-refractivity contribution is 0.150. The van der Waals surface area contributed by atoms with E-state index in [1.165, 1.54) is 12.1 Å². The van der Waals surface area contributed by atoms with Crippen LogP contribution in [0, 0.1) is 11.2 Å². The minimum Gasteiger partial charge on any atom is -0.490 e. The van der Waals surface area contributed by atoms with E-state index in [4.69, 9.17) is 15.4 Å². The fourth-order valence-electron chi connectivity index (χ4n) is 1.89. The summed E-state index contributed by atoms with van der Waals surface area (Å²) in [5, 5.41) is 0. The predicted molar refractivity (Wildman–Crippen MR) is 82.2 cm³/mol. The van der Waals surface area contributed by atoms with Crippen molar-refractivity contribution in [1.29, 1.82) is 0 Å². The highest BCUT2D eigenvalue weighted by Gasteiger charge is 2.32. The van der Waals surface area contributed by atoms with Gasteiger partial charge in [-0.1, -0.05) is 29.8 Å². The summed E-state index contributed by atoms with van der Waals surface area (Å²) in [6.45, 7) is 3.84. The van der Waals surface area contributed by atoms with E-state index < -0.39 is 20.3 Å². The van der Waals surface area contributed by atoms with Crippen molar-refractivity contribution in [2.24, 2.45) is 5.41 Å². The van der Waals surface area contributed by atoms with Crippen LogP contribution in [0.3, 0.4) is 0 Å². The zero-order valence-electron chi connectivity index (χ0n) is 11.3. The summed E-state index contributed by atoms with van der Waals surface area (Å²) in [6, 6.07) is 4.47. The van der Waals surface area contributed by atoms with Gasteiger partial charge in [-0.15, -0.1) is 0 Å². The van der Waals surface area contributed by atoms with Gasteiger partial charge in [0.05, 0.1) is 12.4 Å². The van der Waals surface area contributed by atoms with Crippen molar-refractivity contribution in [1.82, 2.24) is 0 Å². The Morgan fingerprint density at radius 3 is 2.40 bits per heavy atom. The SMILES string of the molecule is CCC(CC)(COc1ccc(Br)cc1F)CS(=O)(=O)Cl. The second kappa shape index (κ2) is 7.09. The molecule has 0 atom stereocenters. The van der Waals surface area contributed by atoms with Crippen molar-refractivity contribution in [3.05, 3.63) is 28.5 Å². The monoisotopic (exact) mass is 386 g/mol. The molecule has 0 spiro atoms. The first-order chi connectivity index (χ1) is 9.21. The highest BCUT2D eigenvalue weighted by Crippen LogP contribution is 2.31. The van der Waals surface area contributed by atoms with E-state index in [2.05, 4.69) is 15.9 Å². The van der Waals surface area contributed by atoms with Crippen LogP contribution < -0.4 is 4.74 Å². The molecule has 0 unspecified atom stereocenters. The second-order valence-corrected chi connectivity index (χ2v) is 8.45. The van der Waals surface area contributed by atoms with Gasteiger partial charge >= 0.3 is 0 Å². The van der Waals surface area contributed by atoms with Crippen LogP contribution in [0.4, 0.5) is 4.39 Å². The smallest absolute Gasteiger partial charge is 0.233 e. The lowest BCUT2D eigenvalue weighted by atomic mass is 9.85. The van der Waals surface area contributed by atoms with Gasteiger partial charge in [0, 0.05) is 20.6 Å². The number of ether oxygens (including phenoxy) is 1. The summed E-state index contributed by atoms with van der Waals surface area (Å²) in [5.74, 6) is -0.576. The molecule has 0 aliphatic heterocycles. The fraction of sp³-hybridized carbons (Fsp3) is 0.538. The number of hydrogen-bond acceptors (Lipinski definition) is 3. The summed E-state index contributed by atoms with van der Waals surface area (Å²) in [6.07, 6.45) is 1.15. The molecule has 0 aliphatic rings. The van der Waals surface area contributed by atoms with Crippen LogP contribution in [0.1, 0.15) is 26.7 Å². The number of halogens is 3. The molecule has 0 saturated carbocycles. The molecule has 1 rings (SSSR count). The highest BCUT2D eigenvalue weighted by atomic mass is 79.9. The minimum atomic E-state index is -3.64. The van der Waals surface area contributed by atoms with Crippen LogP contribution >= 0.6 is 26.6 Å². The van der Waals surface area contributed by atoms with Gasteiger partial charge in [-0.3, -0.25) is 0 Å². The van der Waals surface area contributed by atoms with Gasteiger partial charge in [-0.25, -0.2) is 12.8 Å². The highest BCUT2D eigenvalue weighted by molar-refractivity contribution is 9.10. The lowest BCUT2D eigenvalue weighted by Crippen LogP contribution is -2.33. The Morgan fingerprint density at radius 2 is 1.95 bits per heavy atom. The Morgan fingerprint density at radius 1 is 1.35 bits per heavy atom. The lowest BCUT2D eigenvalue weighted by Gasteiger charge is -2.30. The molecule has 0 saturated heterocycles. The van der Waals surface area contributed by atoms with Crippen molar-refractivity contribution in [2.45, 2.75) is 26.7 Å². The van der Waals surface area contributed by atoms with E-state index in [9.17, 15) is 12.8 Å². The molecule has 0 radical (unpaired) electrons. The minimum absolute atomic E-state index is 0.102. The summed E-state index contributed by atoms with van der Waals surface area (Å²) in [7, 11) is 1.71. The van der Waals surface area contributed by atoms with Crippen molar-refractivity contribution in [3.8, 4) is 5.75 Å². The molecule has 1 aromatic carbocycles. The molecule has 0 N–H and O–H groups in total. The van der Waals surface area contributed by atoms with Crippen molar-refractivity contribution in [3.63, 3.8) is 0 Å². The molecule has 0 amide bonds. The number of rotatable bonds is 7. The Labute approximate surface area is 132 Å². The Balaban J connectivity index is 2.86. The maximum atomic E-state index is 13.7. The average molecular weight is 388 g/mol. The molecule has 20 heavy (non-hydrogen) atoms. The normalized spacial score (nSPS) is 12.4. The first-order valence-corrected chi connectivity index (χ1v) is 9.48. The van der Waals surface area contributed by atoms with E-state index in [-0.39, 0.29) is 18.1 Å². The van der Waals surface area contributed by atoms with Gasteiger partial charge in [0.15, 0.2) is 11.6 Å². The second-order valence-electron chi connectivity index (χ2n) is 4.75. The third-order valence-corrected chi connectivity index (χ3v) is 5.18. The molecule has 114 valence electrons. The maximum absolute atomic E-state index is 13.7. The molecule has 0 bridgehead atoms. The van der Waals surface area contributed by atoms with Crippen LogP contribution in [0.15, 0.2) is 22.7 Å². The van der Waals surface area contributed by atoms with Gasteiger partial charge in [-0.2, -0.15) is 0 Å². The van der Waals surface area contributed by atoms with Crippen LogP contribution in [0.2, 0.25) is 0 Å². The fourth-order valence-corrected chi connectivity index (χ4v) is 4.14. The van der Waals surface area contributed by atoms with E-state index in [1.807, 2.05) is 13.8 Å². The molecule has 0 fully saturated rings. The van der Waals surface area contributed by atoms with E-state index in [0.29, 0.717) is 17.3 Å². The Kier molecular flexibility index (Phi) is 6.28. The maximum Gasteiger partial charge on any atom is 0.233 e. The third kappa shape index (κ3) is 5.22. The summed E-state index contributed by atoms with van der Waals surface area (Å²) < 4.78 is 42.4. The van der Waals surface area contributed by atoms with Gasteiger partial charge < -0.3 is 4.74 Å². The van der Waals surface area contributed by atoms with Gasteiger partial charge in [-0.05, 0) is 31.0 Å². The summed E-state index contributed by atoms with van der Waals surface area (Å²) >= 11 is 3.16. The van der Waals surface area contributed by atoms with Crippen molar-refractivity contribution < 1.29 is 17.5 Å². The molecule has 1 aromatic rings. The molecule has 0 aliphatic carbocycles. The molecular formula is C13H17BrClFO3S. The summed E-state index contributed by atoms with van der Waals surface area (Å²) in [5.41, 5.74) is -0.611. The average Bonchev–Trinajstić information content (AvgIpc) is 2.35. The van der Waals surface area contributed by atoms with Gasteiger partial charge in [0.1, 0.15) is 0 Å². The molecule has 3 nitrogen and oxygen atoms in total. The van der Waals surface area contributed by atoms with Crippen LogP contribution in [0.25, 0.3) is 0 Å². The van der Waals surface area contributed by atoms with Crippen molar-refractivity contribution in [2.75, 3.05) is 12.4 Å². The Hall–Kier alpha value is -0.330. The standard InChI is InChI=1S/C13H17BrClFO3S/c1-3-13(4-2,9-20(15,17)18)8-19-12-6-5-10(14)7-11(12)16/h5-7H,3-4,8-9H2,1-2H3. The molecule has 7 heteroatoms. The van der Waals surface area contributed by atoms with Crippen LogP contribution in [0.5, 0.6) is 5.75 Å². The van der Waals surface area contributed by atoms with E-state index in [0.717, 1.165) is 0 Å². The van der Waals surface area contributed by atoms with E-state index in [1.54, 1.807) is 6.07 Å². The number of hydrogen-bond donors (Lipinski definition) is 0.